The first-order valence-corrected chi connectivity index (χ1v) is 10.5. The van der Waals surface area contributed by atoms with Gasteiger partial charge in [-0.15, -0.1) is 0 Å². The van der Waals surface area contributed by atoms with Crippen LogP contribution < -0.4 is 10.7 Å². The number of carbonyl (C=O) groups is 2. The quantitative estimate of drug-likeness (QED) is 0.569. The summed E-state index contributed by atoms with van der Waals surface area (Å²) in [6.07, 6.45) is 8.52. The lowest BCUT2D eigenvalue weighted by molar-refractivity contribution is -0.120. The lowest BCUT2D eigenvalue weighted by atomic mass is 9.87. The van der Waals surface area contributed by atoms with Gasteiger partial charge in [0.2, 0.25) is 5.91 Å². The molecular weight excluding hydrogens is 350 g/mol. The lowest BCUT2D eigenvalue weighted by Crippen LogP contribution is -2.36. The molecule has 0 aliphatic heterocycles. The summed E-state index contributed by atoms with van der Waals surface area (Å²) in [4.78, 5) is 24.5. The maximum atomic E-state index is 12.3. The molecule has 0 bridgehead atoms. The van der Waals surface area contributed by atoms with Crippen molar-refractivity contribution in [3.8, 4) is 0 Å². The highest BCUT2D eigenvalue weighted by atomic mass is 16.2. The van der Waals surface area contributed by atoms with E-state index in [0.717, 1.165) is 12.8 Å². The van der Waals surface area contributed by atoms with Gasteiger partial charge in [-0.3, -0.25) is 9.59 Å². The Labute approximate surface area is 169 Å². The van der Waals surface area contributed by atoms with Crippen molar-refractivity contribution in [1.29, 1.82) is 0 Å². The van der Waals surface area contributed by atoms with Gasteiger partial charge in [-0.2, -0.15) is 5.10 Å². The third kappa shape index (κ3) is 7.45. The summed E-state index contributed by atoms with van der Waals surface area (Å²) < 4.78 is 0. The molecule has 1 saturated carbocycles. The van der Waals surface area contributed by atoms with E-state index >= 15 is 0 Å². The van der Waals surface area contributed by atoms with Gasteiger partial charge in [-0.05, 0) is 42.9 Å². The number of carbonyl (C=O) groups excluding carboxylic acids is 2. The summed E-state index contributed by atoms with van der Waals surface area (Å²) in [5, 5.41) is 7.22. The van der Waals surface area contributed by atoms with E-state index in [-0.39, 0.29) is 29.7 Å². The Hall–Kier alpha value is -2.17. The van der Waals surface area contributed by atoms with E-state index in [4.69, 9.17) is 0 Å². The number of amides is 2. The molecule has 0 aromatic heterocycles. The molecule has 0 radical (unpaired) electrons. The molecule has 0 spiro atoms. The van der Waals surface area contributed by atoms with Crippen LogP contribution in [0.4, 0.5) is 0 Å². The van der Waals surface area contributed by atoms with Gasteiger partial charge in [0.15, 0.2) is 0 Å². The first-order valence-electron chi connectivity index (χ1n) is 10.5. The minimum atomic E-state index is -0.264. The van der Waals surface area contributed by atoms with Crippen molar-refractivity contribution >= 4 is 17.5 Å². The van der Waals surface area contributed by atoms with E-state index in [2.05, 4.69) is 36.6 Å². The third-order valence-corrected chi connectivity index (χ3v) is 5.25. The fourth-order valence-corrected chi connectivity index (χ4v) is 3.48. The number of hydrazone groups is 1. The monoisotopic (exact) mass is 385 g/mol. The predicted molar refractivity (Wildman–Crippen MR) is 115 cm³/mol. The van der Waals surface area contributed by atoms with Crippen LogP contribution in [0, 0.1) is 0 Å². The summed E-state index contributed by atoms with van der Waals surface area (Å²) in [6.45, 7) is 8.17. The van der Waals surface area contributed by atoms with Gasteiger partial charge in [0.1, 0.15) is 0 Å². The molecule has 0 atom stereocenters. The zero-order valence-corrected chi connectivity index (χ0v) is 17.8. The van der Waals surface area contributed by atoms with Crippen LogP contribution in [0.5, 0.6) is 0 Å². The molecule has 2 rings (SSSR count). The van der Waals surface area contributed by atoms with Crippen molar-refractivity contribution in [2.75, 3.05) is 0 Å². The Morgan fingerprint density at radius 3 is 2.14 bits per heavy atom. The predicted octanol–water partition coefficient (Wildman–Crippen LogP) is 4.71. The smallest absolute Gasteiger partial charge is 0.271 e. The second-order valence-electron chi connectivity index (χ2n) is 8.90. The van der Waals surface area contributed by atoms with Crippen molar-refractivity contribution in [2.24, 2.45) is 5.10 Å². The molecule has 1 aromatic carbocycles. The topological polar surface area (TPSA) is 70.6 Å². The highest BCUT2D eigenvalue weighted by Crippen LogP contribution is 2.22. The van der Waals surface area contributed by atoms with Gasteiger partial charge in [-0.25, -0.2) is 5.43 Å². The van der Waals surface area contributed by atoms with E-state index in [0.29, 0.717) is 11.3 Å². The molecule has 1 aromatic rings. The standard InChI is InChI=1S/C23H35N3O2/c1-17(16-21(27)24-20-10-8-6-5-7-9-11-20)25-26-22(28)18-12-14-19(15-13-18)23(2,3)4/h12-15,20H,5-11,16H2,1-4H3,(H,24,27)(H,26,28)/b25-17+. The Morgan fingerprint density at radius 2 is 1.57 bits per heavy atom. The Bertz CT molecular complexity index is 679. The highest BCUT2D eigenvalue weighted by Gasteiger charge is 2.16. The number of hydrogen-bond acceptors (Lipinski definition) is 3. The Balaban J connectivity index is 1.82. The van der Waals surface area contributed by atoms with E-state index in [1.165, 1.54) is 37.7 Å². The summed E-state index contributed by atoms with van der Waals surface area (Å²) in [6, 6.07) is 7.82. The number of nitrogens with one attached hydrogen (secondary N) is 2. The zero-order chi connectivity index (χ0) is 20.6. The van der Waals surface area contributed by atoms with E-state index in [9.17, 15) is 9.59 Å². The fourth-order valence-electron chi connectivity index (χ4n) is 3.48. The molecule has 2 N–H and O–H groups in total. The van der Waals surface area contributed by atoms with Crippen LogP contribution in [0.3, 0.4) is 0 Å². The maximum absolute atomic E-state index is 12.3. The Kier molecular flexibility index (Phi) is 8.21. The lowest BCUT2D eigenvalue weighted by Gasteiger charge is -2.21. The van der Waals surface area contributed by atoms with Crippen LogP contribution in [0.2, 0.25) is 0 Å². The molecule has 28 heavy (non-hydrogen) atoms. The first kappa shape index (κ1) is 22.1. The van der Waals surface area contributed by atoms with Crippen molar-refractivity contribution < 1.29 is 9.59 Å². The normalized spacial score (nSPS) is 16.8. The van der Waals surface area contributed by atoms with E-state index < -0.39 is 0 Å². The average Bonchev–Trinajstić information content (AvgIpc) is 2.61. The number of hydrogen-bond donors (Lipinski definition) is 2. The highest BCUT2D eigenvalue weighted by molar-refractivity contribution is 6.01. The SMILES string of the molecule is C/C(CC(=O)NC1CCCCCCC1)=N\NC(=O)c1ccc(C(C)(C)C)cc1. The summed E-state index contributed by atoms with van der Waals surface area (Å²) in [7, 11) is 0. The third-order valence-electron chi connectivity index (χ3n) is 5.25. The summed E-state index contributed by atoms with van der Waals surface area (Å²) in [5.41, 5.74) is 4.94. The molecule has 0 heterocycles. The molecule has 2 amide bonds. The van der Waals surface area contributed by atoms with Crippen LogP contribution in [-0.4, -0.2) is 23.6 Å². The number of rotatable bonds is 5. The number of benzene rings is 1. The second kappa shape index (κ2) is 10.4. The Morgan fingerprint density at radius 1 is 1.00 bits per heavy atom. The molecule has 0 unspecified atom stereocenters. The molecule has 5 heteroatoms. The number of nitrogens with zero attached hydrogens (tertiary/aromatic N) is 1. The molecule has 5 nitrogen and oxygen atoms in total. The van der Waals surface area contributed by atoms with Gasteiger partial charge in [0.05, 0.1) is 6.42 Å². The summed E-state index contributed by atoms with van der Waals surface area (Å²) >= 11 is 0. The van der Waals surface area contributed by atoms with Gasteiger partial charge >= 0.3 is 0 Å². The molecule has 1 aliphatic rings. The second-order valence-corrected chi connectivity index (χ2v) is 8.90. The summed E-state index contributed by atoms with van der Waals surface area (Å²) in [5.74, 6) is -0.282. The molecular formula is C23H35N3O2. The minimum absolute atomic E-state index is 0.0180. The maximum Gasteiger partial charge on any atom is 0.271 e. The first-order chi connectivity index (χ1) is 13.3. The van der Waals surface area contributed by atoms with Crippen LogP contribution in [0.25, 0.3) is 0 Å². The van der Waals surface area contributed by atoms with Crippen molar-refractivity contribution in [3.63, 3.8) is 0 Å². The van der Waals surface area contributed by atoms with Crippen LogP contribution >= 0.6 is 0 Å². The van der Waals surface area contributed by atoms with Crippen molar-refractivity contribution in [1.82, 2.24) is 10.7 Å². The van der Waals surface area contributed by atoms with Crippen LogP contribution in [0.15, 0.2) is 29.4 Å². The van der Waals surface area contributed by atoms with Gasteiger partial charge in [0, 0.05) is 17.3 Å². The van der Waals surface area contributed by atoms with E-state index in [1.807, 2.05) is 24.3 Å². The van der Waals surface area contributed by atoms with Crippen molar-refractivity contribution in [3.05, 3.63) is 35.4 Å². The average molecular weight is 386 g/mol. The van der Waals surface area contributed by atoms with Gasteiger partial charge in [0.25, 0.3) is 5.91 Å². The van der Waals surface area contributed by atoms with Crippen molar-refractivity contribution in [2.45, 2.75) is 90.5 Å². The van der Waals surface area contributed by atoms with Crippen LogP contribution in [0.1, 0.15) is 95.0 Å². The van der Waals surface area contributed by atoms with Crippen LogP contribution in [-0.2, 0) is 10.2 Å². The van der Waals surface area contributed by atoms with Gasteiger partial charge < -0.3 is 5.32 Å². The fraction of sp³-hybridized carbons (Fsp3) is 0.609. The minimum Gasteiger partial charge on any atom is -0.353 e. The van der Waals surface area contributed by atoms with E-state index in [1.54, 1.807) is 6.92 Å². The molecule has 1 aliphatic carbocycles. The zero-order valence-electron chi connectivity index (χ0n) is 17.8. The largest absolute Gasteiger partial charge is 0.353 e. The molecule has 1 fully saturated rings. The molecule has 154 valence electrons. The van der Waals surface area contributed by atoms with Gasteiger partial charge in [-0.1, -0.05) is 65.0 Å². The molecule has 0 saturated heterocycles.